The molecule has 0 aliphatic carbocycles. The molecule has 7 nitrogen and oxygen atoms in total. The van der Waals surface area contributed by atoms with Gasteiger partial charge in [0, 0.05) is 16.5 Å². The molecule has 0 spiro atoms. The Hall–Kier alpha value is -3.36. The Labute approximate surface area is 196 Å². The molecule has 4 heterocycles. The molecule has 4 aromatic rings. The third kappa shape index (κ3) is 3.85. The van der Waals surface area contributed by atoms with Gasteiger partial charge in [-0.1, -0.05) is 12.1 Å². The summed E-state index contributed by atoms with van der Waals surface area (Å²) in [6, 6.07) is 14.5. The van der Waals surface area contributed by atoms with Crippen LogP contribution in [0.3, 0.4) is 0 Å². The number of methoxy groups -OCH3 is 1. The zero-order valence-electron chi connectivity index (χ0n) is 18.4. The molecule has 2 aromatic heterocycles. The highest BCUT2D eigenvalue weighted by Gasteiger charge is 2.25. The third-order valence-corrected chi connectivity index (χ3v) is 7.30. The largest absolute Gasteiger partial charge is 0.497 e. The number of piperazine rings is 1. The highest BCUT2D eigenvalue weighted by molar-refractivity contribution is 7.17. The monoisotopic (exact) mass is 461 g/mol. The molecule has 8 heteroatoms. The fraction of sp³-hybridized carbons (Fsp3) is 0.280. The average molecular weight is 462 g/mol. The number of thiophene rings is 1. The summed E-state index contributed by atoms with van der Waals surface area (Å²) in [5.74, 6) is 3.60. The molecule has 2 aliphatic rings. The zero-order valence-corrected chi connectivity index (χ0v) is 19.2. The fourth-order valence-electron chi connectivity index (χ4n) is 4.63. The van der Waals surface area contributed by atoms with E-state index >= 15 is 0 Å². The van der Waals surface area contributed by atoms with Crippen LogP contribution in [-0.4, -0.2) is 50.0 Å². The average Bonchev–Trinajstić information content (AvgIpc) is 3.51. The van der Waals surface area contributed by atoms with E-state index in [1.54, 1.807) is 29.7 Å². The first-order valence-electron chi connectivity index (χ1n) is 11.1. The van der Waals surface area contributed by atoms with Crippen LogP contribution in [0.4, 0.5) is 5.82 Å². The number of fused-ring (bicyclic) bond motifs is 2. The molecule has 0 radical (unpaired) electrons. The molecule has 1 N–H and O–H groups in total. The van der Waals surface area contributed by atoms with E-state index in [1.165, 1.54) is 11.1 Å². The first-order valence-corrected chi connectivity index (χ1v) is 12.0. The molecule has 0 amide bonds. The summed E-state index contributed by atoms with van der Waals surface area (Å²) in [6.45, 7) is 5.34. The SMILES string of the molecule is COc1ccc(-c2csc3ncnc(N4CC[NH+](Cc5ccc6c(c5)OCO6)CC4)c23)cc1. The summed E-state index contributed by atoms with van der Waals surface area (Å²) in [5, 5.41) is 3.33. The molecule has 33 heavy (non-hydrogen) atoms. The molecule has 1 saturated heterocycles. The number of benzene rings is 2. The van der Waals surface area contributed by atoms with E-state index in [0.717, 1.165) is 71.6 Å². The van der Waals surface area contributed by atoms with Crippen molar-refractivity contribution >= 4 is 27.4 Å². The lowest BCUT2D eigenvalue weighted by Crippen LogP contribution is -3.13. The van der Waals surface area contributed by atoms with Gasteiger partial charge in [0.1, 0.15) is 29.3 Å². The molecule has 1 fully saturated rings. The number of quaternary nitrogens is 1. The number of nitrogens with one attached hydrogen (secondary N) is 1. The molecular formula is C25H25N4O3S+. The van der Waals surface area contributed by atoms with E-state index in [-0.39, 0.29) is 0 Å². The maximum absolute atomic E-state index is 5.54. The van der Waals surface area contributed by atoms with Gasteiger partial charge < -0.3 is 24.0 Å². The molecule has 0 atom stereocenters. The van der Waals surface area contributed by atoms with E-state index < -0.39 is 0 Å². The van der Waals surface area contributed by atoms with Crippen LogP contribution in [-0.2, 0) is 6.54 Å². The first kappa shape index (κ1) is 20.3. The Balaban J connectivity index is 1.21. The minimum atomic E-state index is 0.318. The van der Waals surface area contributed by atoms with E-state index in [1.807, 2.05) is 18.2 Å². The van der Waals surface area contributed by atoms with Crippen molar-refractivity contribution in [2.75, 3.05) is 45.0 Å². The standard InChI is InChI=1S/C25H24N4O3S/c1-30-19-5-3-18(4-6-19)20-14-33-25-23(20)24(26-15-27-25)29-10-8-28(9-11-29)13-17-2-7-21-22(12-17)32-16-31-21/h2-7,12,14-15H,8-11,13,16H2,1H3/p+1. The van der Waals surface area contributed by atoms with Crippen LogP contribution in [0.5, 0.6) is 17.2 Å². The number of nitrogens with zero attached hydrogens (tertiary/aromatic N) is 3. The lowest BCUT2D eigenvalue weighted by Gasteiger charge is -2.33. The van der Waals surface area contributed by atoms with Crippen molar-refractivity contribution in [1.82, 2.24) is 9.97 Å². The number of rotatable bonds is 5. The molecule has 168 valence electrons. The summed E-state index contributed by atoms with van der Waals surface area (Å²) >= 11 is 1.67. The van der Waals surface area contributed by atoms with Gasteiger partial charge in [0.05, 0.1) is 38.7 Å². The van der Waals surface area contributed by atoms with Gasteiger partial charge in [0.25, 0.3) is 0 Å². The summed E-state index contributed by atoms with van der Waals surface area (Å²) in [7, 11) is 1.69. The van der Waals surface area contributed by atoms with Crippen molar-refractivity contribution in [2.45, 2.75) is 6.54 Å². The van der Waals surface area contributed by atoms with Crippen LogP contribution in [0.2, 0.25) is 0 Å². The van der Waals surface area contributed by atoms with Gasteiger partial charge >= 0.3 is 0 Å². The van der Waals surface area contributed by atoms with Crippen LogP contribution in [0.25, 0.3) is 21.3 Å². The molecule has 2 aromatic carbocycles. The smallest absolute Gasteiger partial charge is 0.231 e. The summed E-state index contributed by atoms with van der Waals surface area (Å²) in [6.07, 6.45) is 1.69. The Morgan fingerprint density at radius 2 is 1.85 bits per heavy atom. The van der Waals surface area contributed by atoms with Gasteiger partial charge in [0.2, 0.25) is 6.79 Å². The molecule has 0 saturated carbocycles. The minimum absolute atomic E-state index is 0.318. The quantitative estimate of drug-likeness (QED) is 0.493. The number of aromatic nitrogens is 2. The van der Waals surface area contributed by atoms with Gasteiger partial charge in [-0.3, -0.25) is 0 Å². The maximum atomic E-state index is 5.54. The topological polar surface area (TPSA) is 61.2 Å². The van der Waals surface area contributed by atoms with Crippen LogP contribution in [0.1, 0.15) is 5.56 Å². The van der Waals surface area contributed by atoms with Crippen LogP contribution >= 0.6 is 11.3 Å². The highest BCUT2D eigenvalue weighted by atomic mass is 32.1. The lowest BCUT2D eigenvalue weighted by molar-refractivity contribution is -0.914. The fourth-order valence-corrected chi connectivity index (χ4v) is 5.54. The molecule has 2 aliphatic heterocycles. The first-order chi connectivity index (χ1) is 16.3. The second kappa shape index (κ2) is 8.53. The van der Waals surface area contributed by atoms with Crippen molar-refractivity contribution < 1.29 is 19.1 Å². The number of ether oxygens (including phenoxy) is 3. The highest BCUT2D eigenvalue weighted by Crippen LogP contribution is 2.38. The predicted octanol–water partition coefficient (Wildman–Crippen LogP) is 3.00. The lowest BCUT2D eigenvalue weighted by atomic mass is 10.1. The predicted molar refractivity (Wildman–Crippen MR) is 129 cm³/mol. The Kier molecular flexibility index (Phi) is 5.24. The number of anilines is 1. The van der Waals surface area contributed by atoms with E-state index in [0.29, 0.717) is 6.79 Å². The Morgan fingerprint density at radius 3 is 2.67 bits per heavy atom. The molecule has 6 rings (SSSR count). The van der Waals surface area contributed by atoms with Gasteiger partial charge in [-0.2, -0.15) is 0 Å². The molecular weight excluding hydrogens is 436 g/mol. The van der Waals surface area contributed by atoms with E-state index in [2.05, 4.69) is 39.5 Å². The van der Waals surface area contributed by atoms with Crippen molar-refractivity contribution in [3.63, 3.8) is 0 Å². The maximum Gasteiger partial charge on any atom is 0.231 e. The van der Waals surface area contributed by atoms with Gasteiger partial charge in [-0.25, -0.2) is 9.97 Å². The Bertz CT molecular complexity index is 1280. The third-order valence-electron chi connectivity index (χ3n) is 6.41. The van der Waals surface area contributed by atoms with Gasteiger partial charge in [-0.05, 0) is 35.9 Å². The van der Waals surface area contributed by atoms with Crippen LogP contribution in [0, 0.1) is 0 Å². The van der Waals surface area contributed by atoms with Crippen LogP contribution < -0.4 is 24.0 Å². The summed E-state index contributed by atoms with van der Waals surface area (Å²) < 4.78 is 16.3. The second-order valence-electron chi connectivity index (χ2n) is 8.36. The summed E-state index contributed by atoms with van der Waals surface area (Å²) in [4.78, 5) is 14.3. The van der Waals surface area contributed by atoms with Crippen molar-refractivity contribution in [1.29, 1.82) is 0 Å². The van der Waals surface area contributed by atoms with E-state index in [4.69, 9.17) is 19.2 Å². The van der Waals surface area contributed by atoms with Gasteiger partial charge in [-0.15, -0.1) is 11.3 Å². The normalized spacial score (nSPS) is 15.8. The van der Waals surface area contributed by atoms with E-state index in [9.17, 15) is 0 Å². The van der Waals surface area contributed by atoms with Crippen molar-refractivity contribution in [3.8, 4) is 28.4 Å². The Morgan fingerprint density at radius 1 is 1.03 bits per heavy atom. The number of hydrogen-bond acceptors (Lipinski definition) is 7. The molecule has 0 bridgehead atoms. The van der Waals surface area contributed by atoms with Crippen molar-refractivity contribution in [3.05, 3.63) is 59.7 Å². The van der Waals surface area contributed by atoms with Crippen LogP contribution in [0.15, 0.2) is 54.2 Å². The minimum Gasteiger partial charge on any atom is -0.497 e. The van der Waals surface area contributed by atoms with Gasteiger partial charge in [0.15, 0.2) is 11.5 Å². The summed E-state index contributed by atoms with van der Waals surface area (Å²) in [5.41, 5.74) is 3.63. The second-order valence-corrected chi connectivity index (χ2v) is 9.21. The van der Waals surface area contributed by atoms with Crippen molar-refractivity contribution in [2.24, 2.45) is 0 Å². The number of hydrogen-bond donors (Lipinski definition) is 1. The zero-order chi connectivity index (χ0) is 22.2. The molecule has 0 unspecified atom stereocenters.